The minimum Gasteiger partial charge on any atom is -0.496 e. The van der Waals surface area contributed by atoms with Gasteiger partial charge in [0.05, 0.1) is 37.2 Å². The maximum Gasteiger partial charge on any atom is 0.338 e. The zero-order valence-electron chi connectivity index (χ0n) is 22.4. The number of thiazole rings is 1. The summed E-state index contributed by atoms with van der Waals surface area (Å²) in [5.41, 5.74) is 2.65. The fourth-order valence-corrected chi connectivity index (χ4v) is 8.17. The van der Waals surface area contributed by atoms with Gasteiger partial charge in [-0.3, -0.25) is 9.36 Å². The van der Waals surface area contributed by atoms with Gasteiger partial charge in [-0.1, -0.05) is 52.7 Å². The highest BCUT2D eigenvalue weighted by Crippen LogP contribution is 2.37. The van der Waals surface area contributed by atoms with Gasteiger partial charge in [0.1, 0.15) is 24.1 Å². The van der Waals surface area contributed by atoms with Gasteiger partial charge in [0.25, 0.3) is 5.56 Å². The second-order valence-electron chi connectivity index (χ2n) is 9.15. The second-order valence-corrected chi connectivity index (χ2v) is 13.3. The van der Waals surface area contributed by atoms with E-state index >= 15 is 0 Å². The molecule has 0 saturated heterocycles. The van der Waals surface area contributed by atoms with Gasteiger partial charge in [0, 0.05) is 21.2 Å². The summed E-state index contributed by atoms with van der Waals surface area (Å²) in [6, 6.07) is 15.7. The first-order valence-corrected chi connectivity index (χ1v) is 16.2. The predicted molar refractivity (Wildman–Crippen MR) is 181 cm³/mol. The van der Waals surface area contributed by atoms with Crippen LogP contribution in [0.5, 0.6) is 11.5 Å². The molecule has 7 nitrogen and oxygen atoms in total. The van der Waals surface area contributed by atoms with E-state index in [2.05, 4.69) is 50.2 Å². The number of halogens is 4. The van der Waals surface area contributed by atoms with E-state index in [9.17, 15) is 9.59 Å². The van der Waals surface area contributed by atoms with Crippen LogP contribution in [0.25, 0.3) is 6.08 Å². The SMILES string of the molecule is COC(=O)C1=C(C)N=c2s/c(=C\c3cc(I)c(OCc4ccccc4Cl)c(I)c3)c(=O)n2[C@H]1c1cc(Cl)ccc1OC. The molecule has 0 N–H and O–H groups in total. The topological polar surface area (TPSA) is 79.1 Å². The molecule has 0 unspecified atom stereocenters. The molecule has 5 rings (SSSR count). The van der Waals surface area contributed by atoms with Gasteiger partial charge in [-0.2, -0.15) is 0 Å². The summed E-state index contributed by atoms with van der Waals surface area (Å²) < 4.78 is 20.5. The second kappa shape index (κ2) is 13.1. The van der Waals surface area contributed by atoms with E-state index in [1.165, 1.54) is 30.1 Å². The van der Waals surface area contributed by atoms with Gasteiger partial charge in [0.15, 0.2) is 4.80 Å². The Bertz CT molecular complexity index is 1910. The molecule has 2 heterocycles. The molecule has 0 bridgehead atoms. The van der Waals surface area contributed by atoms with Gasteiger partial charge in [0.2, 0.25) is 0 Å². The number of carbonyl (C=O) groups is 1. The van der Waals surface area contributed by atoms with Crippen LogP contribution in [0.2, 0.25) is 10.0 Å². The highest BCUT2D eigenvalue weighted by atomic mass is 127. The third-order valence-corrected chi connectivity index (χ3v) is 9.75. The number of hydrogen-bond acceptors (Lipinski definition) is 7. The monoisotopic (exact) mass is 846 g/mol. The summed E-state index contributed by atoms with van der Waals surface area (Å²) >= 11 is 18.3. The van der Waals surface area contributed by atoms with E-state index in [0.717, 1.165) is 24.0 Å². The number of hydrogen-bond donors (Lipinski definition) is 0. The van der Waals surface area contributed by atoms with Crippen molar-refractivity contribution in [3.05, 3.63) is 119 Å². The molecule has 0 saturated carbocycles. The fraction of sp³-hybridized carbons (Fsp3) is 0.167. The van der Waals surface area contributed by atoms with Crippen molar-refractivity contribution in [2.45, 2.75) is 19.6 Å². The number of esters is 1. The minimum atomic E-state index is -0.842. The summed E-state index contributed by atoms with van der Waals surface area (Å²) in [6.07, 6.45) is 1.81. The van der Waals surface area contributed by atoms with Crippen LogP contribution in [0.1, 0.15) is 29.7 Å². The van der Waals surface area contributed by atoms with E-state index in [-0.39, 0.29) is 11.1 Å². The molecule has 3 aromatic carbocycles. The lowest BCUT2D eigenvalue weighted by atomic mass is 9.95. The Kier molecular flexibility index (Phi) is 9.67. The van der Waals surface area contributed by atoms with Crippen molar-refractivity contribution in [3.63, 3.8) is 0 Å². The van der Waals surface area contributed by atoms with Crippen molar-refractivity contribution >= 4 is 91.8 Å². The van der Waals surface area contributed by atoms with E-state index in [1.807, 2.05) is 42.5 Å². The molecule has 0 radical (unpaired) electrons. The van der Waals surface area contributed by atoms with Gasteiger partial charge in [-0.15, -0.1) is 0 Å². The van der Waals surface area contributed by atoms with Gasteiger partial charge in [-0.05, 0) is 100 Å². The highest BCUT2D eigenvalue weighted by molar-refractivity contribution is 14.1. The van der Waals surface area contributed by atoms with Crippen LogP contribution in [0.3, 0.4) is 0 Å². The van der Waals surface area contributed by atoms with E-state index in [0.29, 0.717) is 43.0 Å². The van der Waals surface area contributed by atoms with Crippen molar-refractivity contribution in [1.82, 2.24) is 4.57 Å². The first-order chi connectivity index (χ1) is 20.1. The third-order valence-electron chi connectivity index (χ3n) is 6.56. The Morgan fingerprint density at radius 3 is 2.48 bits per heavy atom. The van der Waals surface area contributed by atoms with Crippen LogP contribution in [0.15, 0.2) is 75.7 Å². The number of nitrogens with zero attached hydrogens (tertiary/aromatic N) is 2. The molecule has 216 valence electrons. The summed E-state index contributed by atoms with van der Waals surface area (Å²) in [4.78, 5) is 32.0. The minimum absolute atomic E-state index is 0.237. The van der Waals surface area contributed by atoms with Crippen molar-refractivity contribution < 1.29 is 19.0 Å². The first-order valence-electron chi connectivity index (χ1n) is 12.4. The molecule has 42 heavy (non-hydrogen) atoms. The zero-order chi connectivity index (χ0) is 30.1. The average molecular weight is 847 g/mol. The van der Waals surface area contributed by atoms with Crippen LogP contribution in [-0.2, 0) is 16.1 Å². The number of carbonyl (C=O) groups excluding carboxylic acids is 1. The lowest BCUT2D eigenvalue weighted by Crippen LogP contribution is -2.40. The largest absolute Gasteiger partial charge is 0.496 e. The first kappa shape index (κ1) is 31.0. The van der Waals surface area contributed by atoms with Crippen LogP contribution >= 0.6 is 79.7 Å². The number of allylic oxidation sites excluding steroid dienone is 1. The highest BCUT2D eigenvalue weighted by Gasteiger charge is 2.35. The average Bonchev–Trinajstić information content (AvgIpc) is 3.26. The van der Waals surface area contributed by atoms with E-state index in [4.69, 9.17) is 37.4 Å². The predicted octanol–water partition coefficient (Wildman–Crippen LogP) is 6.51. The lowest BCUT2D eigenvalue weighted by molar-refractivity contribution is -0.136. The normalized spacial score (nSPS) is 14.8. The molecule has 1 atom stereocenters. The number of benzene rings is 3. The summed E-state index contributed by atoms with van der Waals surface area (Å²) in [5, 5.41) is 1.08. The molecule has 1 aromatic heterocycles. The van der Waals surface area contributed by atoms with Crippen LogP contribution < -0.4 is 24.4 Å². The summed E-state index contributed by atoms with van der Waals surface area (Å²) in [6.45, 7) is 2.05. The molecule has 0 spiro atoms. The molecule has 0 fully saturated rings. The maximum absolute atomic E-state index is 14.0. The van der Waals surface area contributed by atoms with Crippen LogP contribution in [0, 0.1) is 7.14 Å². The molecular weight excluding hydrogens is 825 g/mol. The van der Waals surface area contributed by atoms with Gasteiger partial charge >= 0.3 is 5.97 Å². The molecule has 1 aliphatic rings. The Balaban J connectivity index is 1.60. The van der Waals surface area contributed by atoms with E-state index in [1.54, 1.807) is 25.1 Å². The zero-order valence-corrected chi connectivity index (χ0v) is 29.1. The molecule has 0 aliphatic carbocycles. The fourth-order valence-electron chi connectivity index (χ4n) is 4.62. The Hall–Kier alpha value is -2.39. The van der Waals surface area contributed by atoms with Crippen molar-refractivity contribution in [2.75, 3.05) is 14.2 Å². The Labute approximate surface area is 282 Å². The maximum atomic E-state index is 14.0. The number of aromatic nitrogens is 1. The van der Waals surface area contributed by atoms with Crippen molar-refractivity contribution in [1.29, 1.82) is 0 Å². The molecule has 4 aromatic rings. The quantitative estimate of drug-likeness (QED) is 0.157. The van der Waals surface area contributed by atoms with Gasteiger partial charge < -0.3 is 14.2 Å². The molecular formula is C30H22Cl2I2N2O5S. The molecule has 0 amide bonds. The van der Waals surface area contributed by atoms with E-state index < -0.39 is 12.0 Å². The summed E-state index contributed by atoms with van der Waals surface area (Å²) in [7, 11) is 2.82. The number of fused-ring (bicyclic) bond motifs is 1. The third kappa shape index (κ3) is 6.14. The lowest BCUT2D eigenvalue weighted by Gasteiger charge is -2.25. The Morgan fingerprint density at radius 1 is 1.10 bits per heavy atom. The Morgan fingerprint density at radius 2 is 1.81 bits per heavy atom. The smallest absolute Gasteiger partial charge is 0.338 e. The van der Waals surface area contributed by atoms with Gasteiger partial charge in [-0.25, -0.2) is 9.79 Å². The number of rotatable bonds is 7. The standard InChI is InChI=1S/C30H22Cl2I2N2O5S/c1-15-25(29(38)40-3)26(19-13-18(31)8-9-23(19)39-2)36-28(37)24(42-30(36)35-15)12-16-10-21(33)27(22(34)11-16)41-14-17-6-4-5-7-20(17)32/h4-13,26H,14H2,1-3H3/b24-12-/t26-/m0/s1. The number of methoxy groups -OCH3 is 2. The molecule has 12 heteroatoms. The van der Waals surface area contributed by atoms with Crippen LogP contribution in [0.4, 0.5) is 0 Å². The van der Waals surface area contributed by atoms with Crippen molar-refractivity contribution in [3.8, 4) is 11.5 Å². The van der Waals surface area contributed by atoms with Crippen LogP contribution in [-0.4, -0.2) is 24.8 Å². The number of ether oxygens (including phenoxy) is 3. The molecule has 1 aliphatic heterocycles. The van der Waals surface area contributed by atoms with Crippen molar-refractivity contribution in [2.24, 2.45) is 4.99 Å². The summed E-state index contributed by atoms with van der Waals surface area (Å²) in [5.74, 6) is 0.627.